The van der Waals surface area contributed by atoms with Crippen LogP contribution in [0, 0.1) is 0 Å². The second kappa shape index (κ2) is 4.98. The van der Waals surface area contributed by atoms with Crippen molar-refractivity contribution in [3.63, 3.8) is 0 Å². The van der Waals surface area contributed by atoms with E-state index in [0.29, 0.717) is 10.2 Å². The van der Waals surface area contributed by atoms with Gasteiger partial charge in [0.1, 0.15) is 0 Å². The fourth-order valence-corrected chi connectivity index (χ4v) is 1.76. The molecule has 0 radical (unpaired) electrons. The Hall–Kier alpha value is -0.750. The average molecular weight is 340 g/mol. The first-order valence-electron chi connectivity index (χ1n) is 5.72. The van der Waals surface area contributed by atoms with Crippen molar-refractivity contribution >= 4 is 21.6 Å². The highest BCUT2D eigenvalue weighted by Crippen LogP contribution is 2.36. The quantitative estimate of drug-likeness (QED) is 0.853. The summed E-state index contributed by atoms with van der Waals surface area (Å²) in [5.41, 5.74) is -1.95. The number of nitrogens with one attached hydrogen (secondary N) is 1. The number of hydrogen-bond donors (Lipinski definition) is 2. The molecular formula is C13H17BrF3NO. The molecule has 0 fully saturated rings. The molecule has 1 rings (SSSR count). The zero-order chi connectivity index (χ0) is 15.1. The molecule has 0 aliphatic rings. The summed E-state index contributed by atoms with van der Waals surface area (Å²) in [6.45, 7) is 6.82. The highest BCUT2D eigenvalue weighted by atomic mass is 79.9. The van der Waals surface area contributed by atoms with Crippen LogP contribution in [-0.2, 0) is 6.18 Å². The van der Waals surface area contributed by atoms with Gasteiger partial charge < -0.3 is 10.4 Å². The molecule has 2 nitrogen and oxygen atoms in total. The monoisotopic (exact) mass is 339 g/mol. The van der Waals surface area contributed by atoms with Crippen LogP contribution < -0.4 is 5.32 Å². The van der Waals surface area contributed by atoms with E-state index >= 15 is 0 Å². The molecule has 6 heteroatoms. The van der Waals surface area contributed by atoms with Crippen molar-refractivity contribution in [3.05, 3.63) is 28.2 Å². The number of hydrogen-bond acceptors (Lipinski definition) is 2. The smallest absolute Gasteiger partial charge is 0.388 e. The van der Waals surface area contributed by atoms with E-state index in [4.69, 9.17) is 0 Å². The van der Waals surface area contributed by atoms with Gasteiger partial charge in [0, 0.05) is 10.2 Å². The summed E-state index contributed by atoms with van der Waals surface area (Å²) >= 11 is 3.11. The van der Waals surface area contributed by atoms with E-state index in [1.807, 2.05) is 0 Å². The van der Waals surface area contributed by atoms with Crippen molar-refractivity contribution in [2.75, 3.05) is 5.32 Å². The molecule has 1 aromatic rings. The van der Waals surface area contributed by atoms with E-state index in [1.54, 1.807) is 27.7 Å². The maximum absolute atomic E-state index is 12.5. The molecule has 0 atom stereocenters. The number of aliphatic hydroxyl groups is 1. The van der Waals surface area contributed by atoms with Crippen molar-refractivity contribution < 1.29 is 18.3 Å². The zero-order valence-electron chi connectivity index (χ0n) is 11.2. The number of anilines is 1. The fraction of sp³-hybridized carbons (Fsp3) is 0.538. The lowest BCUT2D eigenvalue weighted by Crippen LogP contribution is -2.51. The van der Waals surface area contributed by atoms with Crippen LogP contribution in [0.25, 0.3) is 0 Å². The van der Waals surface area contributed by atoms with Crippen molar-refractivity contribution in [1.29, 1.82) is 0 Å². The predicted molar refractivity (Wildman–Crippen MR) is 73.1 cm³/mol. The van der Waals surface area contributed by atoms with Crippen LogP contribution >= 0.6 is 15.9 Å². The molecule has 19 heavy (non-hydrogen) atoms. The SMILES string of the molecule is CC(C)(O)C(C)(C)Nc1ccc(C(F)(F)F)cc1Br. The third-order valence-electron chi connectivity index (χ3n) is 3.27. The van der Waals surface area contributed by atoms with Gasteiger partial charge in [0.15, 0.2) is 0 Å². The third-order valence-corrected chi connectivity index (χ3v) is 3.93. The number of rotatable bonds is 3. The Morgan fingerprint density at radius 3 is 2.00 bits per heavy atom. The fourth-order valence-electron chi connectivity index (χ4n) is 1.28. The third kappa shape index (κ3) is 3.86. The van der Waals surface area contributed by atoms with E-state index in [9.17, 15) is 18.3 Å². The van der Waals surface area contributed by atoms with Crippen LogP contribution in [0.2, 0.25) is 0 Å². The summed E-state index contributed by atoms with van der Waals surface area (Å²) < 4.78 is 37.9. The second-order valence-electron chi connectivity index (χ2n) is 5.50. The van der Waals surface area contributed by atoms with E-state index in [-0.39, 0.29) is 0 Å². The van der Waals surface area contributed by atoms with Gasteiger partial charge in [-0.3, -0.25) is 0 Å². The van der Waals surface area contributed by atoms with Gasteiger partial charge in [-0.2, -0.15) is 13.2 Å². The van der Waals surface area contributed by atoms with Crippen LogP contribution in [-0.4, -0.2) is 16.2 Å². The lowest BCUT2D eigenvalue weighted by molar-refractivity contribution is -0.137. The maximum atomic E-state index is 12.5. The minimum atomic E-state index is -4.37. The Morgan fingerprint density at radius 1 is 1.11 bits per heavy atom. The molecule has 108 valence electrons. The van der Waals surface area contributed by atoms with E-state index in [2.05, 4.69) is 21.2 Å². The molecule has 0 amide bonds. The molecule has 0 aliphatic carbocycles. The van der Waals surface area contributed by atoms with Gasteiger partial charge in [-0.05, 0) is 61.8 Å². The van der Waals surface area contributed by atoms with Crippen molar-refractivity contribution in [2.24, 2.45) is 0 Å². The van der Waals surface area contributed by atoms with Gasteiger partial charge in [-0.25, -0.2) is 0 Å². The van der Waals surface area contributed by atoms with Crippen LogP contribution in [0.4, 0.5) is 18.9 Å². The first-order chi connectivity index (χ1) is 8.34. The normalized spacial score (nSPS) is 13.5. The first kappa shape index (κ1) is 16.3. The summed E-state index contributed by atoms with van der Waals surface area (Å²) in [6.07, 6.45) is -4.37. The van der Waals surface area contributed by atoms with Crippen LogP contribution in [0.15, 0.2) is 22.7 Å². The molecule has 0 bridgehead atoms. The predicted octanol–water partition coefficient (Wildman–Crippen LogP) is 4.43. The Balaban J connectivity index is 3.06. The Kier molecular flexibility index (Phi) is 4.27. The highest BCUT2D eigenvalue weighted by molar-refractivity contribution is 9.10. The van der Waals surface area contributed by atoms with E-state index in [1.165, 1.54) is 6.07 Å². The van der Waals surface area contributed by atoms with Crippen molar-refractivity contribution in [3.8, 4) is 0 Å². The molecule has 2 N–H and O–H groups in total. The van der Waals surface area contributed by atoms with Crippen LogP contribution in [0.5, 0.6) is 0 Å². The molecule has 0 unspecified atom stereocenters. The topological polar surface area (TPSA) is 32.3 Å². The van der Waals surface area contributed by atoms with Gasteiger partial charge in [-0.15, -0.1) is 0 Å². The second-order valence-corrected chi connectivity index (χ2v) is 6.36. The molecule has 1 aromatic carbocycles. The summed E-state index contributed by atoms with van der Waals surface area (Å²) in [5, 5.41) is 13.1. The first-order valence-corrected chi connectivity index (χ1v) is 6.51. The minimum absolute atomic E-state index is 0.305. The lowest BCUT2D eigenvalue weighted by Gasteiger charge is -2.39. The number of benzene rings is 1. The lowest BCUT2D eigenvalue weighted by atomic mass is 9.86. The van der Waals surface area contributed by atoms with Crippen molar-refractivity contribution in [1.82, 2.24) is 0 Å². The van der Waals surface area contributed by atoms with Gasteiger partial charge in [0.05, 0.1) is 16.7 Å². The van der Waals surface area contributed by atoms with Gasteiger partial charge in [0.2, 0.25) is 0 Å². The van der Waals surface area contributed by atoms with Gasteiger partial charge in [0.25, 0.3) is 0 Å². The molecule has 0 saturated carbocycles. The summed E-state index contributed by atoms with van der Waals surface area (Å²) in [4.78, 5) is 0. The molecule has 0 spiro atoms. The molecule has 0 saturated heterocycles. The average Bonchev–Trinajstić information content (AvgIpc) is 2.17. The molecule has 0 aliphatic heterocycles. The summed E-state index contributed by atoms with van der Waals surface area (Å²) in [6, 6.07) is 3.37. The van der Waals surface area contributed by atoms with E-state index < -0.39 is 22.9 Å². The van der Waals surface area contributed by atoms with Crippen LogP contribution in [0.1, 0.15) is 33.3 Å². The minimum Gasteiger partial charge on any atom is -0.388 e. The molecule has 0 aromatic heterocycles. The molecule has 0 heterocycles. The Labute approximate surface area is 119 Å². The van der Waals surface area contributed by atoms with E-state index in [0.717, 1.165) is 12.1 Å². The zero-order valence-corrected chi connectivity index (χ0v) is 12.8. The summed E-state index contributed by atoms with van der Waals surface area (Å²) in [7, 11) is 0. The highest BCUT2D eigenvalue weighted by Gasteiger charge is 2.36. The summed E-state index contributed by atoms with van der Waals surface area (Å²) in [5.74, 6) is 0. The van der Waals surface area contributed by atoms with Gasteiger partial charge in [-0.1, -0.05) is 0 Å². The maximum Gasteiger partial charge on any atom is 0.416 e. The van der Waals surface area contributed by atoms with Gasteiger partial charge >= 0.3 is 6.18 Å². The molecular weight excluding hydrogens is 323 g/mol. The Morgan fingerprint density at radius 2 is 1.63 bits per heavy atom. The standard InChI is InChI=1S/C13H17BrF3NO/c1-11(2,12(3,4)19)18-10-6-5-8(7-9(10)14)13(15,16)17/h5-7,18-19H,1-4H3. The van der Waals surface area contributed by atoms with Crippen molar-refractivity contribution in [2.45, 2.75) is 45.0 Å². The Bertz CT molecular complexity index is 464. The number of halogens is 4. The number of alkyl halides is 3. The largest absolute Gasteiger partial charge is 0.416 e. The van der Waals surface area contributed by atoms with Crippen LogP contribution in [0.3, 0.4) is 0 Å².